The van der Waals surface area contributed by atoms with E-state index in [1.807, 2.05) is 75.7 Å². The number of amidine groups is 1. The van der Waals surface area contributed by atoms with E-state index in [2.05, 4.69) is 23.8 Å². The molecular formula is C26H44N4S. The van der Waals surface area contributed by atoms with Crippen LogP contribution >= 0.6 is 11.3 Å². The predicted molar refractivity (Wildman–Crippen MR) is 143 cm³/mol. The van der Waals surface area contributed by atoms with Crippen molar-refractivity contribution in [2.24, 2.45) is 16.5 Å². The number of hydrogen-bond donors (Lipinski definition) is 3. The number of aliphatic imine (C=N–C) groups is 1. The molecule has 0 bridgehead atoms. The third kappa shape index (κ3) is 11.7. The van der Waals surface area contributed by atoms with E-state index in [0.29, 0.717) is 11.9 Å². The Morgan fingerprint density at radius 1 is 1.03 bits per heavy atom. The molecule has 3 aromatic rings. The topological polar surface area (TPSA) is 80.2 Å². The number of thiophene rings is 1. The first-order chi connectivity index (χ1) is 15.1. The molecule has 0 spiro atoms. The molecule has 174 valence electrons. The molecule has 4 nitrogen and oxygen atoms in total. The van der Waals surface area contributed by atoms with Gasteiger partial charge >= 0.3 is 0 Å². The zero-order chi connectivity index (χ0) is 23.5. The highest BCUT2D eigenvalue weighted by Gasteiger charge is 2.06. The van der Waals surface area contributed by atoms with Gasteiger partial charge in [0.05, 0.1) is 10.6 Å². The Labute approximate surface area is 194 Å². The Kier molecular flexibility index (Phi) is 17.4. The molecule has 0 saturated heterocycles. The standard InChI is InChI=1S/C13H11N3S.C6H13N.C3H8.2C2H6/c14-13(12-2-1-7-17-12)16-10-4-3-9-5-6-15-11(9)8-10;7-6-4-2-1-3-5-6;1-3-2;2*1-2/h1-8,15H,(H2,14,16);6H,1-5,7H2;3H2,1-2H3;2*1-2H3. The lowest BCUT2D eigenvalue weighted by Crippen LogP contribution is -2.22. The van der Waals surface area contributed by atoms with E-state index >= 15 is 0 Å². The number of nitrogens with two attached hydrogens (primary N) is 2. The summed E-state index contributed by atoms with van der Waals surface area (Å²) in [6.07, 6.45) is 9.83. The van der Waals surface area contributed by atoms with Gasteiger partial charge in [-0.15, -0.1) is 11.3 Å². The Balaban J connectivity index is 0.000000537. The molecule has 4 rings (SSSR count). The maximum atomic E-state index is 5.94. The SMILES string of the molecule is CC.CC.CCC.NC(=Nc1ccc2cc[nH]c2c1)c1cccs1.NC1CCCCC1. The molecule has 31 heavy (non-hydrogen) atoms. The van der Waals surface area contributed by atoms with E-state index < -0.39 is 0 Å². The van der Waals surface area contributed by atoms with Crippen molar-refractivity contribution in [2.75, 3.05) is 0 Å². The first-order valence-electron chi connectivity index (χ1n) is 11.8. The van der Waals surface area contributed by atoms with Crippen molar-refractivity contribution >= 4 is 33.8 Å². The molecular weight excluding hydrogens is 400 g/mol. The van der Waals surface area contributed by atoms with E-state index in [1.54, 1.807) is 11.3 Å². The lowest BCUT2D eigenvalue weighted by atomic mass is 9.97. The summed E-state index contributed by atoms with van der Waals surface area (Å²) in [7, 11) is 0. The summed E-state index contributed by atoms with van der Waals surface area (Å²) in [5.41, 5.74) is 13.5. The predicted octanol–water partition coefficient (Wildman–Crippen LogP) is 8.01. The van der Waals surface area contributed by atoms with Crippen LogP contribution in [-0.2, 0) is 0 Å². The molecule has 0 atom stereocenters. The average Bonchev–Trinajstić information content (AvgIpc) is 3.50. The Bertz CT molecular complexity index is 800. The van der Waals surface area contributed by atoms with Crippen LogP contribution in [0.25, 0.3) is 10.9 Å². The molecule has 2 heterocycles. The van der Waals surface area contributed by atoms with Gasteiger partial charge in [-0.05, 0) is 47.9 Å². The van der Waals surface area contributed by atoms with Crippen LogP contribution in [0.2, 0.25) is 0 Å². The van der Waals surface area contributed by atoms with E-state index in [4.69, 9.17) is 11.5 Å². The minimum absolute atomic E-state index is 0.536. The fourth-order valence-electron chi connectivity index (χ4n) is 2.86. The van der Waals surface area contributed by atoms with Gasteiger partial charge in [0.25, 0.3) is 0 Å². The summed E-state index contributed by atoms with van der Waals surface area (Å²) in [6.45, 7) is 12.2. The van der Waals surface area contributed by atoms with Crippen LogP contribution in [0.4, 0.5) is 5.69 Å². The number of benzene rings is 1. The van der Waals surface area contributed by atoms with Gasteiger partial charge in [0, 0.05) is 17.8 Å². The van der Waals surface area contributed by atoms with Crippen molar-refractivity contribution in [1.82, 2.24) is 4.98 Å². The molecule has 2 aromatic heterocycles. The van der Waals surface area contributed by atoms with Crippen molar-refractivity contribution in [2.45, 2.75) is 86.1 Å². The van der Waals surface area contributed by atoms with Crippen molar-refractivity contribution in [3.63, 3.8) is 0 Å². The maximum absolute atomic E-state index is 5.94. The van der Waals surface area contributed by atoms with Crippen LogP contribution < -0.4 is 11.5 Å². The molecule has 1 aromatic carbocycles. The molecule has 0 amide bonds. The second-order valence-corrected chi connectivity index (χ2v) is 7.78. The summed E-state index contributed by atoms with van der Waals surface area (Å²) >= 11 is 1.59. The van der Waals surface area contributed by atoms with Crippen LogP contribution in [0.3, 0.4) is 0 Å². The number of hydrogen-bond acceptors (Lipinski definition) is 3. The first kappa shape index (κ1) is 28.9. The summed E-state index contributed by atoms with van der Waals surface area (Å²) in [6, 6.07) is 12.5. The highest BCUT2D eigenvalue weighted by Crippen LogP contribution is 2.21. The fourth-order valence-corrected chi connectivity index (χ4v) is 3.49. The molecule has 1 fully saturated rings. The third-order valence-electron chi connectivity index (χ3n) is 4.21. The minimum atomic E-state index is 0.536. The Hall–Kier alpha value is -2.11. The zero-order valence-corrected chi connectivity index (χ0v) is 21.3. The number of nitrogens with one attached hydrogen (secondary N) is 1. The summed E-state index contributed by atoms with van der Waals surface area (Å²) in [5.74, 6) is 0.561. The molecule has 0 aliphatic heterocycles. The normalized spacial score (nSPS) is 13.3. The molecule has 1 aliphatic carbocycles. The largest absolute Gasteiger partial charge is 0.383 e. The second-order valence-electron chi connectivity index (χ2n) is 6.83. The molecule has 1 aliphatic rings. The molecule has 0 radical (unpaired) electrons. The second kappa shape index (κ2) is 18.6. The number of fused-ring (bicyclic) bond motifs is 1. The lowest BCUT2D eigenvalue weighted by Gasteiger charge is -2.15. The van der Waals surface area contributed by atoms with E-state index in [9.17, 15) is 0 Å². The van der Waals surface area contributed by atoms with Gasteiger partial charge in [0.2, 0.25) is 0 Å². The van der Waals surface area contributed by atoms with Crippen molar-refractivity contribution in [1.29, 1.82) is 0 Å². The van der Waals surface area contributed by atoms with Crippen LogP contribution in [0.15, 0.2) is 53.0 Å². The van der Waals surface area contributed by atoms with Gasteiger partial charge in [-0.3, -0.25) is 0 Å². The van der Waals surface area contributed by atoms with Crippen LogP contribution in [0.5, 0.6) is 0 Å². The summed E-state index contributed by atoms with van der Waals surface area (Å²) < 4.78 is 0. The van der Waals surface area contributed by atoms with Crippen LogP contribution in [0.1, 0.15) is 84.9 Å². The van der Waals surface area contributed by atoms with Gasteiger partial charge in [-0.1, -0.05) is 79.4 Å². The quantitative estimate of drug-likeness (QED) is 0.276. The summed E-state index contributed by atoms with van der Waals surface area (Å²) in [5, 5.41) is 3.17. The van der Waals surface area contributed by atoms with Crippen LogP contribution in [-0.4, -0.2) is 16.9 Å². The van der Waals surface area contributed by atoms with Gasteiger partial charge in [0.15, 0.2) is 0 Å². The minimum Gasteiger partial charge on any atom is -0.383 e. The number of aromatic nitrogens is 1. The van der Waals surface area contributed by atoms with Crippen molar-refractivity contribution in [3.05, 3.63) is 52.9 Å². The van der Waals surface area contributed by atoms with Crippen molar-refractivity contribution < 1.29 is 0 Å². The zero-order valence-electron chi connectivity index (χ0n) is 20.4. The number of rotatable bonds is 2. The highest BCUT2D eigenvalue weighted by atomic mass is 32.1. The first-order valence-corrected chi connectivity index (χ1v) is 12.7. The molecule has 5 heteroatoms. The van der Waals surface area contributed by atoms with Gasteiger partial charge in [-0.2, -0.15) is 0 Å². The molecule has 0 unspecified atom stereocenters. The summed E-state index contributed by atoms with van der Waals surface area (Å²) in [4.78, 5) is 8.57. The fraction of sp³-hybridized carbons (Fsp3) is 0.500. The van der Waals surface area contributed by atoms with E-state index in [0.717, 1.165) is 16.1 Å². The van der Waals surface area contributed by atoms with E-state index in [1.165, 1.54) is 43.9 Å². The highest BCUT2D eigenvalue weighted by molar-refractivity contribution is 7.12. The van der Waals surface area contributed by atoms with E-state index in [-0.39, 0.29) is 0 Å². The van der Waals surface area contributed by atoms with Gasteiger partial charge in [-0.25, -0.2) is 4.99 Å². The van der Waals surface area contributed by atoms with Gasteiger partial charge in [0.1, 0.15) is 5.84 Å². The lowest BCUT2D eigenvalue weighted by molar-refractivity contribution is 0.441. The Morgan fingerprint density at radius 3 is 2.19 bits per heavy atom. The van der Waals surface area contributed by atoms with Crippen molar-refractivity contribution in [3.8, 4) is 0 Å². The Morgan fingerprint density at radius 2 is 1.68 bits per heavy atom. The van der Waals surface area contributed by atoms with Crippen LogP contribution in [0, 0.1) is 0 Å². The smallest absolute Gasteiger partial charge is 0.141 e. The monoisotopic (exact) mass is 444 g/mol. The maximum Gasteiger partial charge on any atom is 0.141 e. The number of H-pyrrole nitrogens is 1. The average molecular weight is 445 g/mol. The molecule has 5 N–H and O–H groups in total. The molecule has 1 saturated carbocycles. The number of aromatic amines is 1. The van der Waals surface area contributed by atoms with Gasteiger partial charge < -0.3 is 16.5 Å². The number of nitrogens with zero attached hydrogens (tertiary/aromatic N) is 1. The third-order valence-corrected chi connectivity index (χ3v) is 5.10.